The van der Waals surface area contributed by atoms with Gasteiger partial charge in [0, 0.05) is 4.88 Å². The summed E-state index contributed by atoms with van der Waals surface area (Å²) in [7, 11) is 0. The molecule has 0 unspecified atom stereocenters. The van der Waals surface area contributed by atoms with Crippen molar-refractivity contribution in [1.82, 2.24) is 10.2 Å². The molecule has 2 aromatic heterocycles. The Labute approximate surface area is 146 Å². The van der Waals surface area contributed by atoms with Crippen molar-refractivity contribution in [1.29, 1.82) is 0 Å². The molecule has 0 aliphatic rings. The number of amides is 1. The molecule has 0 spiro atoms. The van der Waals surface area contributed by atoms with Crippen LogP contribution in [0.1, 0.15) is 22.4 Å². The second-order valence-corrected chi connectivity index (χ2v) is 6.91. The van der Waals surface area contributed by atoms with Gasteiger partial charge in [-0.1, -0.05) is 36.5 Å². The van der Waals surface area contributed by atoms with E-state index in [0.29, 0.717) is 10.7 Å². The Morgan fingerprint density at radius 3 is 2.67 bits per heavy atom. The molecule has 7 heteroatoms. The maximum atomic E-state index is 13.1. The van der Waals surface area contributed by atoms with Crippen LogP contribution in [0, 0.1) is 5.82 Å². The molecule has 3 rings (SSSR count). The fourth-order valence-electron chi connectivity index (χ4n) is 2.02. The Morgan fingerprint density at radius 1 is 1.25 bits per heavy atom. The van der Waals surface area contributed by atoms with Crippen molar-refractivity contribution in [3.8, 4) is 0 Å². The van der Waals surface area contributed by atoms with Gasteiger partial charge in [-0.2, -0.15) is 0 Å². The summed E-state index contributed by atoms with van der Waals surface area (Å²) in [5.41, 5.74) is 1.26. The van der Waals surface area contributed by atoms with Crippen molar-refractivity contribution < 1.29 is 9.18 Å². The first-order valence-corrected chi connectivity index (χ1v) is 9.00. The molecule has 0 saturated heterocycles. The third kappa shape index (κ3) is 3.93. The van der Waals surface area contributed by atoms with Gasteiger partial charge < -0.3 is 0 Å². The van der Waals surface area contributed by atoms with Gasteiger partial charge in [-0.3, -0.25) is 10.1 Å². The average molecular weight is 359 g/mol. The number of anilines is 1. The fraction of sp³-hybridized carbons (Fsp3) is 0.118. The number of carbonyl (C=O) groups excluding carboxylic acids is 1. The first kappa shape index (κ1) is 16.5. The third-order valence-corrected chi connectivity index (χ3v) is 5.09. The van der Waals surface area contributed by atoms with Crippen LogP contribution in [0.2, 0.25) is 0 Å². The second-order valence-electron chi connectivity index (χ2n) is 4.90. The van der Waals surface area contributed by atoms with Gasteiger partial charge in [-0.25, -0.2) is 4.39 Å². The van der Waals surface area contributed by atoms with Crippen LogP contribution in [0.25, 0.3) is 11.6 Å². The van der Waals surface area contributed by atoms with Crippen LogP contribution in [0.3, 0.4) is 0 Å². The number of nitrogens with one attached hydrogen (secondary N) is 1. The van der Waals surface area contributed by atoms with Gasteiger partial charge in [0.2, 0.25) is 5.13 Å². The summed E-state index contributed by atoms with van der Waals surface area (Å²) >= 11 is 2.82. The van der Waals surface area contributed by atoms with Crippen LogP contribution >= 0.6 is 22.7 Å². The number of benzene rings is 1. The van der Waals surface area contributed by atoms with Crippen molar-refractivity contribution in [2.24, 2.45) is 0 Å². The topological polar surface area (TPSA) is 54.9 Å². The van der Waals surface area contributed by atoms with E-state index in [2.05, 4.69) is 15.5 Å². The van der Waals surface area contributed by atoms with Crippen molar-refractivity contribution in [2.45, 2.75) is 13.3 Å². The molecule has 4 nitrogen and oxygen atoms in total. The van der Waals surface area contributed by atoms with E-state index >= 15 is 0 Å². The smallest absolute Gasteiger partial charge is 0.258 e. The van der Waals surface area contributed by atoms with Crippen LogP contribution in [-0.2, 0) is 11.2 Å². The van der Waals surface area contributed by atoms with Gasteiger partial charge in [-0.05, 0) is 41.6 Å². The minimum absolute atomic E-state index is 0.263. The van der Waals surface area contributed by atoms with Crippen LogP contribution in [0.15, 0.2) is 41.8 Å². The monoisotopic (exact) mass is 359 g/mol. The predicted octanol–water partition coefficient (Wildman–Crippen LogP) is 4.48. The minimum atomic E-state index is -0.310. The Balaban J connectivity index is 1.89. The number of rotatable bonds is 5. The highest BCUT2D eigenvalue weighted by molar-refractivity contribution is 7.15. The number of thiophene rings is 1. The molecule has 0 bridgehead atoms. The molecule has 0 aliphatic heterocycles. The highest BCUT2D eigenvalue weighted by atomic mass is 32.1. The summed E-state index contributed by atoms with van der Waals surface area (Å²) in [6.45, 7) is 1.98. The Kier molecular flexibility index (Phi) is 5.12. The average Bonchev–Trinajstić information content (AvgIpc) is 3.25. The highest BCUT2D eigenvalue weighted by Gasteiger charge is 2.15. The summed E-state index contributed by atoms with van der Waals surface area (Å²) in [6.07, 6.45) is 2.51. The molecule has 122 valence electrons. The molecule has 2 heterocycles. The maximum absolute atomic E-state index is 13.1. The molecular formula is C17H14FN3OS2. The van der Waals surface area contributed by atoms with Crippen LogP contribution in [-0.4, -0.2) is 16.1 Å². The normalized spacial score (nSPS) is 11.5. The summed E-state index contributed by atoms with van der Waals surface area (Å²) in [4.78, 5) is 13.5. The van der Waals surface area contributed by atoms with Crippen molar-refractivity contribution in [2.75, 3.05) is 5.32 Å². The zero-order chi connectivity index (χ0) is 16.9. The number of nitrogens with zero attached hydrogens (tertiary/aromatic N) is 2. The van der Waals surface area contributed by atoms with Gasteiger partial charge in [0.1, 0.15) is 10.8 Å². The van der Waals surface area contributed by atoms with E-state index in [4.69, 9.17) is 0 Å². The lowest BCUT2D eigenvalue weighted by Gasteiger charge is -2.05. The van der Waals surface area contributed by atoms with Crippen LogP contribution in [0.5, 0.6) is 0 Å². The molecule has 1 aromatic carbocycles. The molecule has 24 heavy (non-hydrogen) atoms. The highest BCUT2D eigenvalue weighted by Crippen LogP contribution is 2.25. The molecular weight excluding hydrogens is 345 g/mol. The van der Waals surface area contributed by atoms with Gasteiger partial charge in [0.25, 0.3) is 5.91 Å². The van der Waals surface area contributed by atoms with E-state index < -0.39 is 0 Å². The van der Waals surface area contributed by atoms with E-state index in [1.165, 1.54) is 34.8 Å². The van der Waals surface area contributed by atoms with Crippen molar-refractivity contribution >= 4 is 45.4 Å². The van der Waals surface area contributed by atoms with E-state index in [1.807, 2.05) is 24.4 Å². The molecule has 0 fully saturated rings. The predicted molar refractivity (Wildman–Crippen MR) is 96.5 cm³/mol. The standard InChI is InChI=1S/C17H14FN3OS2/c1-2-15-20-21-17(24-15)19-16(22)13(14-4-3-9-23-14)10-11-5-7-12(18)8-6-11/h3-10H,2H2,1H3,(H,19,21,22). The number of hydrogen-bond donors (Lipinski definition) is 1. The Bertz CT molecular complexity index is 854. The lowest BCUT2D eigenvalue weighted by Crippen LogP contribution is -2.12. The Morgan fingerprint density at radius 2 is 2.04 bits per heavy atom. The summed E-state index contributed by atoms with van der Waals surface area (Å²) in [5, 5.41) is 14.0. The molecule has 1 amide bonds. The lowest BCUT2D eigenvalue weighted by molar-refractivity contribution is -0.111. The number of carbonyl (C=O) groups is 1. The largest absolute Gasteiger partial charge is 0.296 e. The van der Waals surface area contributed by atoms with E-state index in [-0.39, 0.29) is 11.7 Å². The van der Waals surface area contributed by atoms with E-state index in [9.17, 15) is 9.18 Å². The van der Waals surface area contributed by atoms with Gasteiger partial charge in [0.05, 0.1) is 5.57 Å². The molecule has 0 aliphatic carbocycles. The second kappa shape index (κ2) is 7.46. The van der Waals surface area contributed by atoms with Crippen LogP contribution in [0.4, 0.5) is 9.52 Å². The van der Waals surface area contributed by atoms with Gasteiger partial charge in [-0.15, -0.1) is 21.5 Å². The quantitative estimate of drug-likeness (QED) is 0.683. The first-order valence-electron chi connectivity index (χ1n) is 7.30. The van der Waals surface area contributed by atoms with Crippen molar-refractivity contribution in [3.63, 3.8) is 0 Å². The summed E-state index contributed by atoms with van der Waals surface area (Å²) < 4.78 is 13.1. The molecule has 0 saturated carbocycles. The lowest BCUT2D eigenvalue weighted by atomic mass is 10.1. The third-order valence-electron chi connectivity index (χ3n) is 3.20. The fourth-order valence-corrected chi connectivity index (χ4v) is 3.43. The molecule has 0 atom stereocenters. The number of hydrogen-bond acceptors (Lipinski definition) is 5. The number of aryl methyl sites for hydroxylation is 1. The summed E-state index contributed by atoms with van der Waals surface area (Å²) in [6, 6.07) is 9.76. The zero-order valence-electron chi connectivity index (χ0n) is 12.8. The number of aromatic nitrogens is 2. The van der Waals surface area contributed by atoms with E-state index in [1.54, 1.807) is 18.2 Å². The number of halogens is 1. The SMILES string of the molecule is CCc1nnc(NC(=O)C(=Cc2ccc(F)cc2)c2cccs2)s1. The van der Waals surface area contributed by atoms with Crippen LogP contribution < -0.4 is 5.32 Å². The van der Waals surface area contributed by atoms with Gasteiger partial charge in [0.15, 0.2) is 0 Å². The van der Waals surface area contributed by atoms with E-state index in [0.717, 1.165) is 21.9 Å². The minimum Gasteiger partial charge on any atom is -0.296 e. The molecule has 3 aromatic rings. The van der Waals surface area contributed by atoms with Crippen molar-refractivity contribution in [3.05, 3.63) is 63.0 Å². The molecule has 0 radical (unpaired) electrons. The zero-order valence-corrected chi connectivity index (χ0v) is 14.5. The van der Waals surface area contributed by atoms with Gasteiger partial charge >= 0.3 is 0 Å². The summed E-state index contributed by atoms with van der Waals surface area (Å²) in [5.74, 6) is -0.573. The first-order chi connectivity index (χ1) is 11.7. The molecule has 1 N–H and O–H groups in total. The maximum Gasteiger partial charge on any atom is 0.258 e. The Hall–Kier alpha value is -2.38.